The van der Waals surface area contributed by atoms with Crippen molar-refractivity contribution in [2.75, 3.05) is 12.3 Å². The van der Waals surface area contributed by atoms with E-state index < -0.39 is 0 Å². The Morgan fingerprint density at radius 1 is 1.45 bits per heavy atom. The summed E-state index contributed by atoms with van der Waals surface area (Å²) in [6.07, 6.45) is 3.19. The maximum atomic E-state index is 9.99. The van der Waals surface area contributed by atoms with Crippen LogP contribution in [0.1, 0.15) is 21.7 Å². The Kier molecular flexibility index (Phi) is 6.88. The van der Waals surface area contributed by atoms with Crippen molar-refractivity contribution < 1.29 is 10.2 Å². The molecule has 0 atom stereocenters. The van der Waals surface area contributed by atoms with Gasteiger partial charge < -0.3 is 10.2 Å². The molecule has 0 fully saturated rings. The monoisotopic (exact) mass is 400 g/mol. The van der Waals surface area contributed by atoms with Crippen LogP contribution in [0.3, 0.4) is 0 Å². The van der Waals surface area contributed by atoms with Gasteiger partial charge in [-0.05, 0) is 35.0 Å². The second-order valence-corrected chi connectivity index (χ2v) is 8.24. The highest BCUT2D eigenvalue weighted by molar-refractivity contribution is 9.11. The van der Waals surface area contributed by atoms with Crippen LogP contribution < -0.4 is 0 Å². The number of thiophene rings is 1. The van der Waals surface area contributed by atoms with Gasteiger partial charge in [-0.15, -0.1) is 11.3 Å². The third-order valence-corrected chi connectivity index (χ3v) is 5.78. The maximum absolute atomic E-state index is 9.99. The molecule has 0 spiro atoms. The number of nitrogens with zero attached hydrogens (tertiary/aromatic N) is 2. The predicted octanol–water partition coefficient (Wildman–Crippen LogP) is 3.76. The summed E-state index contributed by atoms with van der Waals surface area (Å²) in [6, 6.07) is 4.18. The van der Waals surface area contributed by atoms with E-state index in [1.54, 1.807) is 30.7 Å². The molecule has 22 heavy (non-hydrogen) atoms. The Balaban J connectivity index is 1.84. The number of thioether (sulfide) groups is 1. The summed E-state index contributed by atoms with van der Waals surface area (Å²) in [6.45, 7) is 2.23. The molecule has 0 unspecified atom stereocenters. The molecule has 7 heteroatoms. The Labute approximate surface area is 146 Å². The number of rotatable bonds is 7. The molecule has 0 aromatic carbocycles. The topological polar surface area (TPSA) is 65.7 Å². The van der Waals surface area contributed by atoms with E-state index in [9.17, 15) is 10.2 Å². The van der Waals surface area contributed by atoms with Gasteiger partial charge in [-0.25, -0.2) is 0 Å². The third kappa shape index (κ3) is 4.81. The summed E-state index contributed by atoms with van der Waals surface area (Å²) < 4.78 is 1.15. The van der Waals surface area contributed by atoms with Gasteiger partial charge in [-0.3, -0.25) is 9.98 Å². The number of aromatic hydroxyl groups is 1. The van der Waals surface area contributed by atoms with E-state index in [4.69, 9.17) is 0 Å². The molecule has 4 nitrogen and oxygen atoms in total. The Morgan fingerprint density at radius 3 is 2.95 bits per heavy atom. The highest BCUT2D eigenvalue weighted by atomic mass is 79.9. The fraction of sp³-hybridized carbons (Fsp3) is 0.333. The van der Waals surface area contributed by atoms with Crippen LogP contribution in [0.4, 0.5) is 0 Å². The summed E-state index contributed by atoms with van der Waals surface area (Å²) in [5, 5.41) is 19.3. The lowest BCUT2D eigenvalue weighted by Gasteiger charge is -2.06. The SMILES string of the molecule is Cc1ncc(CO)c(C=NCCSCc2ccc(Br)s2)c1O. The van der Waals surface area contributed by atoms with Gasteiger partial charge in [-0.1, -0.05) is 0 Å². The molecule has 2 aromatic heterocycles. The first-order valence-corrected chi connectivity index (χ1v) is 9.48. The third-order valence-electron chi connectivity index (χ3n) is 2.99. The van der Waals surface area contributed by atoms with E-state index in [0.29, 0.717) is 23.4 Å². The highest BCUT2D eigenvalue weighted by Crippen LogP contribution is 2.25. The number of aromatic nitrogens is 1. The average Bonchev–Trinajstić information content (AvgIpc) is 2.92. The summed E-state index contributed by atoms with van der Waals surface area (Å²) in [5.41, 5.74) is 1.68. The molecule has 0 saturated heterocycles. The lowest BCUT2D eigenvalue weighted by atomic mass is 10.1. The van der Waals surface area contributed by atoms with Crippen molar-refractivity contribution in [2.24, 2.45) is 4.99 Å². The van der Waals surface area contributed by atoms with Crippen molar-refractivity contribution in [1.82, 2.24) is 4.98 Å². The minimum Gasteiger partial charge on any atom is -0.505 e. The summed E-state index contributed by atoms with van der Waals surface area (Å²) >= 11 is 7.02. The Morgan fingerprint density at radius 2 is 2.27 bits per heavy atom. The fourth-order valence-electron chi connectivity index (χ4n) is 1.80. The molecule has 2 aromatic rings. The quantitative estimate of drug-likeness (QED) is 0.548. The van der Waals surface area contributed by atoms with Gasteiger partial charge in [-0.2, -0.15) is 11.8 Å². The number of halogens is 1. The molecule has 2 rings (SSSR count). The first-order valence-electron chi connectivity index (χ1n) is 6.72. The zero-order valence-electron chi connectivity index (χ0n) is 12.1. The first-order chi connectivity index (χ1) is 10.6. The minimum absolute atomic E-state index is 0.0892. The molecule has 0 bridgehead atoms. The summed E-state index contributed by atoms with van der Waals surface area (Å²) in [4.78, 5) is 9.70. The second kappa shape index (κ2) is 8.67. The molecular weight excluding hydrogens is 384 g/mol. The van der Waals surface area contributed by atoms with Gasteiger partial charge in [0.25, 0.3) is 0 Å². The van der Waals surface area contributed by atoms with E-state index in [0.717, 1.165) is 15.3 Å². The van der Waals surface area contributed by atoms with Gasteiger partial charge in [0, 0.05) is 46.5 Å². The number of pyridine rings is 1. The van der Waals surface area contributed by atoms with Gasteiger partial charge in [0.1, 0.15) is 5.75 Å². The molecular formula is C15H17BrN2O2S2. The molecule has 0 radical (unpaired) electrons. The number of hydrogen-bond acceptors (Lipinski definition) is 6. The number of aryl methyl sites for hydroxylation is 1. The lowest BCUT2D eigenvalue weighted by molar-refractivity contribution is 0.280. The molecule has 0 aliphatic carbocycles. The second-order valence-electron chi connectivity index (χ2n) is 4.58. The smallest absolute Gasteiger partial charge is 0.145 e. The zero-order chi connectivity index (χ0) is 15.9. The van der Waals surface area contributed by atoms with Gasteiger partial charge in [0.15, 0.2) is 0 Å². The fourth-order valence-corrected chi connectivity index (χ4v) is 4.24. The predicted molar refractivity (Wildman–Crippen MR) is 97.2 cm³/mol. The molecule has 0 amide bonds. The van der Waals surface area contributed by atoms with Crippen molar-refractivity contribution in [3.8, 4) is 5.75 Å². The first kappa shape index (κ1) is 17.5. The molecule has 0 saturated carbocycles. The van der Waals surface area contributed by atoms with Crippen molar-refractivity contribution in [1.29, 1.82) is 0 Å². The minimum atomic E-state index is -0.163. The number of aliphatic hydroxyl groups excluding tert-OH is 1. The van der Waals surface area contributed by atoms with Crippen molar-refractivity contribution in [2.45, 2.75) is 19.3 Å². The van der Waals surface area contributed by atoms with E-state index >= 15 is 0 Å². The van der Waals surface area contributed by atoms with Gasteiger partial charge in [0.2, 0.25) is 0 Å². The van der Waals surface area contributed by atoms with E-state index in [1.165, 1.54) is 4.88 Å². The van der Waals surface area contributed by atoms with Crippen LogP contribution in [0.5, 0.6) is 5.75 Å². The molecule has 118 valence electrons. The molecule has 0 aliphatic rings. The Bertz CT molecular complexity index is 659. The number of aliphatic hydroxyl groups is 1. The van der Waals surface area contributed by atoms with Crippen LogP contribution in [0.25, 0.3) is 0 Å². The van der Waals surface area contributed by atoms with E-state index in [1.807, 2.05) is 11.8 Å². The van der Waals surface area contributed by atoms with E-state index in [2.05, 4.69) is 38.0 Å². The number of hydrogen-bond donors (Lipinski definition) is 2. The van der Waals surface area contributed by atoms with E-state index in [-0.39, 0.29) is 12.4 Å². The average molecular weight is 401 g/mol. The van der Waals surface area contributed by atoms with Crippen LogP contribution in [0.15, 0.2) is 27.1 Å². The normalized spacial score (nSPS) is 11.4. The highest BCUT2D eigenvalue weighted by Gasteiger charge is 2.08. The zero-order valence-corrected chi connectivity index (χ0v) is 15.3. The van der Waals surface area contributed by atoms with Crippen molar-refractivity contribution in [3.05, 3.63) is 43.8 Å². The summed E-state index contributed by atoms with van der Waals surface area (Å²) in [5.74, 6) is 1.98. The van der Waals surface area contributed by atoms with Crippen molar-refractivity contribution >= 4 is 45.2 Å². The van der Waals surface area contributed by atoms with Gasteiger partial charge >= 0.3 is 0 Å². The summed E-state index contributed by atoms with van der Waals surface area (Å²) in [7, 11) is 0. The van der Waals surface area contributed by atoms with Crippen LogP contribution in [0.2, 0.25) is 0 Å². The van der Waals surface area contributed by atoms with Crippen LogP contribution in [-0.2, 0) is 12.4 Å². The number of aliphatic imine (C=N–C) groups is 1. The molecule has 2 heterocycles. The standard InChI is InChI=1S/C15H17BrN2O2S2/c1-10-15(20)13(11(8-19)6-18-10)7-17-4-5-21-9-12-2-3-14(16)22-12/h2-3,6-7,19-20H,4-5,8-9H2,1H3. The molecule has 0 aliphatic heterocycles. The largest absolute Gasteiger partial charge is 0.505 e. The van der Waals surface area contributed by atoms with Crippen LogP contribution >= 0.6 is 39.0 Å². The lowest BCUT2D eigenvalue weighted by Crippen LogP contribution is -1.98. The van der Waals surface area contributed by atoms with Crippen LogP contribution in [0, 0.1) is 6.92 Å². The molecule has 2 N–H and O–H groups in total. The van der Waals surface area contributed by atoms with Crippen LogP contribution in [-0.4, -0.2) is 33.7 Å². The van der Waals surface area contributed by atoms with Crippen molar-refractivity contribution in [3.63, 3.8) is 0 Å². The van der Waals surface area contributed by atoms with Gasteiger partial charge in [0.05, 0.1) is 16.1 Å². The Hall–Kier alpha value is -0.890. The maximum Gasteiger partial charge on any atom is 0.145 e.